The standard InChI is InChI=1S/C15H13F4N/c1-9-13(7-12(16)8-14(9)20-2)10-3-5-11(6-4-10)15(17,18)19/h3-8,20H,1-2H3. The molecule has 2 aromatic rings. The first-order chi connectivity index (χ1) is 9.32. The SMILES string of the molecule is CNc1cc(F)cc(-c2ccc(C(F)(F)F)cc2)c1C. The molecule has 0 amide bonds. The second-order valence-corrected chi connectivity index (χ2v) is 4.45. The van der Waals surface area contributed by atoms with Crippen LogP contribution in [0.2, 0.25) is 0 Å². The lowest BCUT2D eigenvalue weighted by Gasteiger charge is -2.13. The normalized spacial score (nSPS) is 11.5. The number of hydrogen-bond donors (Lipinski definition) is 1. The largest absolute Gasteiger partial charge is 0.416 e. The molecular weight excluding hydrogens is 270 g/mol. The lowest BCUT2D eigenvalue weighted by molar-refractivity contribution is -0.137. The first kappa shape index (κ1) is 14.4. The van der Waals surface area contributed by atoms with Gasteiger partial charge in [-0.2, -0.15) is 13.2 Å². The fourth-order valence-electron chi connectivity index (χ4n) is 2.08. The number of nitrogens with one attached hydrogen (secondary N) is 1. The van der Waals surface area contributed by atoms with Gasteiger partial charge < -0.3 is 5.32 Å². The fourth-order valence-corrected chi connectivity index (χ4v) is 2.08. The van der Waals surface area contributed by atoms with Gasteiger partial charge >= 0.3 is 6.18 Å². The molecule has 0 aliphatic heterocycles. The molecule has 0 fully saturated rings. The van der Waals surface area contributed by atoms with E-state index in [4.69, 9.17) is 0 Å². The van der Waals surface area contributed by atoms with Gasteiger partial charge in [-0.3, -0.25) is 0 Å². The van der Waals surface area contributed by atoms with E-state index in [2.05, 4.69) is 5.32 Å². The molecule has 0 unspecified atom stereocenters. The monoisotopic (exact) mass is 283 g/mol. The number of benzene rings is 2. The summed E-state index contributed by atoms with van der Waals surface area (Å²) in [5.74, 6) is -0.435. The molecule has 20 heavy (non-hydrogen) atoms. The summed E-state index contributed by atoms with van der Waals surface area (Å²) < 4.78 is 51.1. The van der Waals surface area contributed by atoms with Crippen molar-refractivity contribution in [1.29, 1.82) is 0 Å². The van der Waals surface area contributed by atoms with Crippen LogP contribution in [0.25, 0.3) is 11.1 Å². The van der Waals surface area contributed by atoms with Crippen LogP contribution >= 0.6 is 0 Å². The minimum absolute atomic E-state index is 0.435. The zero-order chi connectivity index (χ0) is 14.9. The van der Waals surface area contributed by atoms with Crippen LogP contribution in [-0.2, 0) is 6.18 Å². The second kappa shape index (κ2) is 5.15. The number of halogens is 4. The summed E-state index contributed by atoms with van der Waals surface area (Å²) in [6, 6.07) is 7.37. The summed E-state index contributed by atoms with van der Waals surface area (Å²) in [5, 5.41) is 2.86. The number of anilines is 1. The topological polar surface area (TPSA) is 12.0 Å². The molecule has 0 heterocycles. The molecule has 0 saturated heterocycles. The Morgan fingerprint density at radius 1 is 1.00 bits per heavy atom. The van der Waals surface area contributed by atoms with Crippen molar-refractivity contribution in [1.82, 2.24) is 0 Å². The third-order valence-corrected chi connectivity index (χ3v) is 3.17. The van der Waals surface area contributed by atoms with Crippen molar-refractivity contribution in [3.05, 3.63) is 53.3 Å². The van der Waals surface area contributed by atoms with Crippen molar-refractivity contribution in [3.63, 3.8) is 0 Å². The molecule has 2 rings (SSSR count). The Labute approximate surface area is 114 Å². The van der Waals surface area contributed by atoms with Gasteiger partial charge in [0.1, 0.15) is 5.82 Å². The third kappa shape index (κ3) is 2.76. The molecule has 1 nitrogen and oxygen atoms in total. The molecule has 0 spiro atoms. The van der Waals surface area contributed by atoms with Crippen LogP contribution in [0.3, 0.4) is 0 Å². The van der Waals surface area contributed by atoms with Crippen LogP contribution in [0.15, 0.2) is 36.4 Å². The smallest absolute Gasteiger partial charge is 0.388 e. The molecule has 0 saturated carbocycles. The zero-order valence-electron chi connectivity index (χ0n) is 11.0. The summed E-state index contributed by atoms with van der Waals surface area (Å²) in [7, 11) is 1.66. The van der Waals surface area contributed by atoms with Crippen LogP contribution in [-0.4, -0.2) is 7.05 Å². The Hall–Kier alpha value is -2.04. The van der Waals surface area contributed by atoms with E-state index in [0.717, 1.165) is 17.7 Å². The van der Waals surface area contributed by atoms with E-state index in [1.54, 1.807) is 14.0 Å². The van der Waals surface area contributed by atoms with Crippen molar-refractivity contribution in [2.45, 2.75) is 13.1 Å². The van der Waals surface area contributed by atoms with Gasteiger partial charge in [-0.15, -0.1) is 0 Å². The Bertz CT molecular complexity index is 615. The molecule has 0 atom stereocenters. The van der Waals surface area contributed by atoms with Crippen molar-refractivity contribution in [2.75, 3.05) is 12.4 Å². The highest BCUT2D eigenvalue weighted by Gasteiger charge is 2.30. The summed E-state index contributed by atoms with van der Waals surface area (Å²) >= 11 is 0. The van der Waals surface area contributed by atoms with Crippen LogP contribution < -0.4 is 5.32 Å². The van der Waals surface area contributed by atoms with Crippen molar-refractivity contribution < 1.29 is 17.6 Å². The average Bonchev–Trinajstić information content (AvgIpc) is 2.40. The molecule has 0 bridgehead atoms. The van der Waals surface area contributed by atoms with Crippen LogP contribution in [0, 0.1) is 12.7 Å². The first-order valence-corrected chi connectivity index (χ1v) is 5.98. The summed E-state index contributed by atoms with van der Waals surface area (Å²) in [6.45, 7) is 1.79. The minimum Gasteiger partial charge on any atom is -0.388 e. The maximum absolute atomic E-state index is 13.5. The van der Waals surface area contributed by atoms with Gasteiger partial charge in [-0.1, -0.05) is 12.1 Å². The van der Waals surface area contributed by atoms with Crippen LogP contribution in [0.1, 0.15) is 11.1 Å². The van der Waals surface area contributed by atoms with Crippen LogP contribution in [0.4, 0.5) is 23.2 Å². The van der Waals surface area contributed by atoms with E-state index in [0.29, 0.717) is 16.8 Å². The zero-order valence-corrected chi connectivity index (χ0v) is 11.0. The first-order valence-electron chi connectivity index (χ1n) is 5.98. The van der Waals surface area contributed by atoms with Gasteiger partial charge in [0, 0.05) is 12.7 Å². The molecule has 5 heteroatoms. The Balaban J connectivity index is 2.49. The van der Waals surface area contributed by atoms with E-state index in [9.17, 15) is 17.6 Å². The van der Waals surface area contributed by atoms with E-state index < -0.39 is 17.6 Å². The predicted molar refractivity (Wildman–Crippen MR) is 71.1 cm³/mol. The molecule has 0 radical (unpaired) electrons. The van der Waals surface area contributed by atoms with Gasteiger partial charge in [-0.25, -0.2) is 4.39 Å². The lowest BCUT2D eigenvalue weighted by atomic mass is 9.98. The molecular formula is C15H13F4N. The van der Waals surface area contributed by atoms with Gasteiger partial charge in [0.05, 0.1) is 5.56 Å². The quantitative estimate of drug-likeness (QED) is 0.776. The minimum atomic E-state index is -4.37. The van der Waals surface area contributed by atoms with E-state index in [-0.39, 0.29) is 0 Å². The maximum Gasteiger partial charge on any atom is 0.416 e. The second-order valence-electron chi connectivity index (χ2n) is 4.45. The van der Waals surface area contributed by atoms with Crippen LogP contribution in [0.5, 0.6) is 0 Å². The van der Waals surface area contributed by atoms with Crippen molar-refractivity contribution in [3.8, 4) is 11.1 Å². The predicted octanol–water partition coefficient (Wildman–Crippen LogP) is 4.86. The number of hydrogen-bond acceptors (Lipinski definition) is 1. The Kier molecular flexibility index (Phi) is 3.70. The van der Waals surface area contributed by atoms with Gasteiger partial charge in [0.2, 0.25) is 0 Å². The summed E-state index contributed by atoms with van der Waals surface area (Å²) in [4.78, 5) is 0. The van der Waals surface area contributed by atoms with Gasteiger partial charge in [0.15, 0.2) is 0 Å². The lowest BCUT2D eigenvalue weighted by Crippen LogP contribution is -2.04. The summed E-state index contributed by atoms with van der Waals surface area (Å²) in [6.07, 6.45) is -4.37. The highest BCUT2D eigenvalue weighted by atomic mass is 19.4. The molecule has 0 aromatic heterocycles. The van der Waals surface area contributed by atoms with Gasteiger partial charge in [-0.05, 0) is 47.9 Å². The van der Waals surface area contributed by atoms with Gasteiger partial charge in [0.25, 0.3) is 0 Å². The summed E-state index contributed by atoms with van der Waals surface area (Å²) in [5.41, 5.74) is 1.80. The molecule has 0 aliphatic carbocycles. The molecule has 1 N–H and O–H groups in total. The Morgan fingerprint density at radius 2 is 1.60 bits per heavy atom. The third-order valence-electron chi connectivity index (χ3n) is 3.17. The van der Waals surface area contributed by atoms with E-state index in [1.807, 2.05) is 0 Å². The Morgan fingerprint density at radius 3 is 2.10 bits per heavy atom. The number of rotatable bonds is 2. The van der Waals surface area contributed by atoms with E-state index in [1.165, 1.54) is 24.3 Å². The average molecular weight is 283 g/mol. The molecule has 106 valence electrons. The maximum atomic E-state index is 13.5. The van der Waals surface area contributed by atoms with Crippen molar-refractivity contribution >= 4 is 5.69 Å². The molecule has 0 aliphatic rings. The van der Waals surface area contributed by atoms with Crippen molar-refractivity contribution in [2.24, 2.45) is 0 Å². The highest BCUT2D eigenvalue weighted by Crippen LogP contribution is 2.33. The van der Waals surface area contributed by atoms with E-state index >= 15 is 0 Å². The number of alkyl halides is 3. The molecule has 2 aromatic carbocycles. The fraction of sp³-hybridized carbons (Fsp3) is 0.200. The highest BCUT2D eigenvalue weighted by molar-refractivity contribution is 5.74.